The number of fused-ring (bicyclic) bond motifs is 3. The molecular formula is C47H60IrNO3-. The predicted molar refractivity (Wildman–Crippen MR) is 216 cm³/mol. The van der Waals surface area contributed by atoms with Crippen LogP contribution in [0.1, 0.15) is 131 Å². The normalized spacial score (nSPS) is 14.1. The van der Waals surface area contributed by atoms with Crippen molar-refractivity contribution in [3.8, 4) is 11.3 Å². The summed E-state index contributed by atoms with van der Waals surface area (Å²) >= 11 is 0. The van der Waals surface area contributed by atoms with Crippen LogP contribution in [0.2, 0.25) is 0 Å². The van der Waals surface area contributed by atoms with Crippen LogP contribution >= 0.6 is 0 Å². The quantitative estimate of drug-likeness (QED) is 0.0910. The molecule has 4 nitrogen and oxygen atoms in total. The van der Waals surface area contributed by atoms with Gasteiger partial charge in [-0.05, 0) is 65.9 Å². The Bertz CT molecular complexity index is 2080. The number of furan rings is 1. The molecule has 1 radical (unpaired) electrons. The number of aromatic nitrogens is 1. The summed E-state index contributed by atoms with van der Waals surface area (Å²) in [5.41, 5.74) is 9.25. The van der Waals surface area contributed by atoms with Crippen molar-refractivity contribution in [2.45, 2.75) is 127 Å². The molecule has 0 bridgehead atoms. The molecule has 0 amide bonds. The minimum Gasteiger partial charge on any atom is -0.512 e. The molecule has 6 rings (SSSR count). The molecule has 2 heterocycles. The van der Waals surface area contributed by atoms with Crippen molar-refractivity contribution in [1.82, 2.24) is 4.98 Å². The van der Waals surface area contributed by atoms with Crippen LogP contribution in [-0.4, -0.2) is 15.9 Å². The number of aliphatic hydroxyl groups is 1. The zero-order valence-corrected chi connectivity index (χ0v) is 36.0. The van der Waals surface area contributed by atoms with E-state index in [0.717, 1.165) is 71.7 Å². The molecule has 0 saturated heterocycles. The molecule has 0 fully saturated rings. The van der Waals surface area contributed by atoms with Crippen molar-refractivity contribution < 1.29 is 34.4 Å². The second-order valence-corrected chi connectivity index (χ2v) is 17.7. The summed E-state index contributed by atoms with van der Waals surface area (Å²) in [6.45, 7) is 26.5. The van der Waals surface area contributed by atoms with Crippen LogP contribution in [0.25, 0.3) is 44.0 Å². The summed E-state index contributed by atoms with van der Waals surface area (Å²) in [6, 6.07) is 19.3. The van der Waals surface area contributed by atoms with Gasteiger partial charge in [-0.2, -0.15) is 0 Å². The van der Waals surface area contributed by atoms with Crippen molar-refractivity contribution in [2.24, 2.45) is 22.7 Å². The molecule has 1 aliphatic carbocycles. The van der Waals surface area contributed by atoms with Gasteiger partial charge in [-0.1, -0.05) is 130 Å². The second kappa shape index (κ2) is 16.0. The largest absolute Gasteiger partial charge is 0.512 e. The summed E-state index contributed by atoms with van der Waals surface area (Å²) in [5, 5.41) is 14.5. The minimum atomic E-state index is -0.226. The molecule has 5 heteroatoms. The third kappa shape index (κ3) is 8.42. The first-order valence-electron chi connectivity index (χ1n) is 19.2. The number of carbonyl (C=O) groups excluding carboxylic acids is 1. The van der Waals surface area contributed by atoms with Crippen molar-refractivity contribution in [3.63, 3.8) is 0 Å². The Balaban J connectivity index is 0.000000323. The number of benzene rings is 3. The second-order valence-electron chi connectivity index (χ2n) is 17.7. The number of aliphatic hydroxyl groups excluding tert-OH is 1. The smallest absolute Gasteiger partial charge is 0.162 e. The maximum absolute atomic E-state index is 11.7. The Hall–Kier alpha value is -3.27. The van der Waals surface area contributed by atoms with Gasteiger partial charge in [0.05, 0.1) is 5.76 Å². The number of hydrogen-bond acceptors (Lipinski definition) is 4. The van der Waals surface area contributed by atoms with E-state index >= 15 is 0 Å². The van der Waals surface area contributed by atoms with Crippen molar-refractivity contribution in [1.29, 1.82) is 0 Å². The van der Waals surface area contributed by atoms with E-state index in [2.05, 4.69) is 110 Å². The molecular weight excluding hydrogens is 819 g/mol. The Morgan fingerprint density at radius 1 is 0.827 bits per heavy atom. The summed E-state index contributed by atoms with van der Waals surface area (Å²) in [5.74, 6) is 0.547. The van der Waals surface area contributed by atoms with E-state index in [9.17, 15) is 9.90 Å². The Morgan fingerprint density at radius 2 is 1.40 bits per heavy atom. The summed E-state index contributed by atoms with van der Waals surface area (Å²) in [4.78, 5) is 16.9. The zero-order valence-electron chi connectivity index (χ0n) is 33.6. The minimum absolute atomic E-state index is 0. The molecule has 2 aromatic heterocycles. The van der Waals surface area contributed by atoms with Gasteiger partial charge >= 0.3 is 0 Å². The third-order valence-electron chi connectivity index (χ3n) is 10.7. The molecule has 0 unspecified atom stereocenters. The SMILES string of the molecule is CC(C)(C)Cc1ccc2c3c1oc1c(CC(C)(C)C)cnc(c13)-c1[c-]c3ccccc3cc1C2(C)C.CCC(CC)C(=O)/C=C(\O)C(CC)CC.[Ir]. The van der Waals surface area contributed by atoms with E-state index in [4.69, 9.17) is 9.40 Å². The molecule has 0 aliphatic heterocycles. The average molecular weight is 879 g/mol. The van der Waals surface area contributed by atoms with Crippen LogP contribution in [0.4, 0.5) is 0 Å². The third-order valence-corrected chi connectivity index (χ3v) is 10.7. The van der Waals surface area contributed by atoms with Crippen LogP contribution in [0.15, 0.2) is 64.9 Å². The van der Waals surface area contributed by atoms with Crippen molar-refractivity contribution >= 4 is 38.5 Å². The molecule has 1 aliphatic rings. The molecule has 0 atom stereocenters. The molecule has 3 aromatic carbocycles. The summed E-state index contributed by atoms with van der Waals surface area (Å²) in [7, 11) is 0. The first-order chi connectivity index (χ1) is 23.9. The van der Waals surface area contributed by atoms with Gasteiger partial charge in [0.2, 0.25) is 0 Å². The fourth-order valence-electron chi connectivity index (χ4n) is 7.86. The molecule has 0 saturated carbocycles. The fraction of sp³-hybridized carbons (Fsp3) is 0.489. The van der Waals surface area contributed by atoms with E-state index < -0.39 is 0 Å². The number of nitrogens with zero attached hydrogens (tertiary/aromatic N) is 1. The maximum Gasteiger partial charge on any atom is 0.162 e. The Morgan fingerprint density at radius 3 is 2.00 bits per heavy atom. The Labute approximate surface area is 326 Å². The van der Waals surface area contributed by atoms with Crippen molar-refractivity contribution in [3.05, 3.63) is 88.8 Å². The van der Waals surface area contributed by atoms with E-state index in [-0.39, 0.29) is 59.7 Å². The van der Waals surface area contributed by atoms with Gasteiger partial charge in [-0.3, -0.25) is 9.78 Å². The number of hydrogen-bond donors (Lipinski definition) is 1. The van der Waals surface area contributed by atoms with E-state index in [1.54, 1.807) is 0 Å². The van der Waals surface area contributed by atoms with Crippen molar-refractivity contribution in [2.75, 3.05) is 0 Å². The number of carbonyl (C=O) groups is 1. The summed E-state index contributed by atoms with van der Waals surface area (Å²) in [6.07, 6.45) is 8.84. The van der Waals surface area contributed by atoms with Gasteiger partial charge in [-0.25, -0.2) is 0 Å². The summed E-state index contributed by atoms with van der Waals surface area (Å²) < 4.78 is 6.91. The maximum atomic E-state index is 11.7. The topological polar surface area (TPSA) is 63.3 Å². The van der Waals surface area contributed by atoms with Crippen LogP contribution in [-0.2, 0) is 43.2 Å². The molecule has 1 N–H and O–H groups in total. The standard InChI is InChI=1S/C34H36NO.C13H24O2.Ir/c1-32(2,3)17-22-13-14-25-27-28-29(35-19-23(18-33(4,5)6)31(28)36-30(22)27)24-15-20-11-9-10-12-21(20)16-26(24)34(25,7)8;1-5-10(6-2)12(14)9-13(15)11(7-3)8-4;/h9-14,16,19H,17-18H2,1-8H3;9-11,14H,5-8H2,1-4H3;/q-1;;/b;12-9-;. The van der Waals surface area contributed by atoms with E-state index in [1.807, 2.05) is 27.7 Å². The van der Waals surface area contributed by atoms with Crippen LogP contribution in [0.5, 0.6) is 0 Å². The van der Waals surface area contributed by atoms with Gasteiger partial charge in [0.15, 0.2) is 5.78 Å². The predicted octanol–water partition coefficient (Wildman–Crippen LogP) is 13.3. The van der Waals surface area contributed by atoms with Crippen LogP contribution in [0.3, 0.4) is 0 Å². The average Bonchev–Trinajstić information content (AvgIpc) is 3.43. The molecule has 281 valence electrons. The first kappa shape index (κ1) is 41.5. The van der Waals surface area contributed by atoms with Gasteiger partial charge in [0, 0.05) is 66.2 Å². The Kier molecular flexibility index (Phi) is 12.8. The fourth-order valence-corrected chi connectivity index (χ4v) is 7.86. The zero-order chi connectivity index (χ0) is 37.5. The molecule has 52 heavy (non-hydrogen) atoms. The van der Waals surface area contributed by atoms with Crippen LogP contribution in [0, 0.1) is 28.7 Å². The van der Waals surface area contributed by atoms with Gasteiger partial charge in [-0.15, -0.1) is 23.6 Å². The molecule has 0 spiro atoms. The number of pyridine rings is 1. The van der Waals surface area contributed by atoms with E-state index in [0.29, 0.717) is 0 Å². The first-order valence-corrected chi connectivity index (χ1v) is 19.2. The number of ketones is 1. The molecule has 5 aromatic rings. The monoisotopic (exact) mass is 879 g/mol. The van der Waals surface area contributed by atoms with Gasteiger partial charge < -0.3 is 9.52 Å². The van der Waals surface area contributed by atoms with Gasteiger partial charge in [0.1, 0.15) is 11.2 Å². The number of allylic oxidation sites excluding steroid dienone is 2. The van der Waals surface area contributed by atoms with Gasteiger partial charge in [0.25, 0.3) is 0 Å². The van der Waals surface area contributed by atoms with E-state index in [1.165, 1.54) is 39.1 Å². The number of rotatable bonds is 9. The van der Waals surface area contributed by atoms with Crippen LogP contribution < -0.4 is 0 Å².